The SMILES string of the molecule is CNCCc1ncc(-c2cn(C)cn2)o1. The molecular formula is C10H14N4O. The van der Waals surface area contributed by atoms with Gasteiger partial charge < -0.3 is 14.3 Å². The van der Waals surface area contributed by atoms with Crippen LogP contribution < -0.4 is 5.32 Å². The van der Waals surface area contributed by atoms with E-state index in [4.69, 9.17) is 4.42 Å². The molecule has 0 saturated carbocycles. The first-order valence-electron chi connectivity index (χ1n) is 4.87. The number of aryl methyl sites for hydroxylation is 1. The molecule has 0 unspecified atom stereocenters. The van der Waals surface area contributed by atoms with Crippen molar-refractivity contribution >= 4 is 0 Å². The summed E-state index contributed by atoms with van der Waals surface area (Å²) in [5.74, 6) is 1.46. The first kappa shape index (κ1) is 9.92. The second kappa shape index (κ2) is 4.27. The maximum absolute atomic E-state index is 5.56. The normalized spacial score (nSPS) is 10.8. The fourth-order valence-corrected chi connectivity index (χ4v) is 1.32. The number of nitrogens with zero attached hydrogens (tertiary/aromatic N) is 3. The molecule has 0 saturated heterocycles. The van der Waals surface area contributed by atoms with Gasteiger partial charge in [-0.05, 0) is 7.05 Å². The van der Waals surface area contributed by atoms with Crippen molar-refractivity contribution in [3.05, 3.63) is 24.6 Å². The third kappa shape index (κ3) is 2.24. The van der Waals surface area contributed by atoms with Crippen molar-refractivity contribution in [2.24, 2.45) is 7.05 Å². The van der Waals surface area contributed by atoms with E-state index < -0.39 is 0 Å². The zero-order chi connectivity index (χ0) is 10.7. The molecule has 2 heterocycles. The molecule has 0 fully saturated rings. The lowest BCUT2D eigenvalue weighted by Gasteiger charge is -1.93. The largest absolute Gasteiger partial charge is 0.439 e. The summed E-state index contributed by atoms with van der Waals surface area (Å²) in [5, 5.41) is 3.05. The average molecular weight is 206 g/mol. The van der Waals surface area contributed by atoms with Gasteiger partial charge in [0.05, 0.1) is 12.5 Å². The predicted octanol–water partition coefficient (Wildman–Crippen LogP) is 0.837. The third-order valence-electron chi connectivity index (χ3n) is 2.10. The Labute approximate surface area is 88.2 Å². The van der Waals surface area contributed by atoms with Crippen LogP contribution in [0.5, 0.6) is 0 Å². The van der Waals surface area contributed by atoms with Crippen LogP contribution in [0.1, 0.15) is 5.89 Å². The third-order valence-corrected chi connectivity index (χ3v) is 2.10. The predicted molar refractivity (Wildman–Crippen MR) is 56.3 cm³/mol. The molecule has 2 aromatic heterocycles. The zero-order valence-corrected chi connectivity index (χ0v) is 8.90. The van der Waals surface area contributed by atoms with Crippen LogP contribution in [0.25, 0.3) is 11.5 Å². The molecule has 5 nitrogen and oxygen atoms in total. The first-order chi connectivity index (χ1) is 7.29. The number of hydrogen-bond acceptors (Lipinski definition) is 4. The molecular weight excluding hydrogens is 192 g/mol. The molecule has 80 valence electrons. The van der Waals surface area contributed by atoms with Crippen LogP contribution in [-0.4, -0.2) is 28.1 Å². The number of aromatic nitrogens is 3. The molecule has 2 aromatic rings. The smallest absolute Gasteiger partial charge is 0.196 e. The second-order valence-corrected chi connectivity index (χ2v) is 3.40. The molecule has 0 radical (unpaired) electrons. The Morgan fingerprint density at radius 3 is 3.00 bits per heavy atom. The quantitative estimate of drug-likeness (QED) is 0.805. The second-order valence-electron chi connectivity index (χ2n) is 3.40. The minimum absolute atomic E-state index is 0.724. The maximum atomic E-state index is 5.56. The molecule has 0 bridgehead atoms. The monoisotopic (exact) mass is 206 g/mol. The van der Waals surface area contributed by atoms with E-state index in [2.05, 4.69) is 15.3 Å². The fraction of sp³-hybridized carbons (Fsp3) is 0.400. The van der Waals surface area contributed by atoms with Gasteiger partial charge in [0.15, 0.2) is 11.7 Å². The first-order valence-corrected chi connectivity index (χ1v) is 4.87. The van der Waals surface area contributed by atoms with Gasteiger partial charge in [0.1, 0.15) is 5.69 Å². The number of hydrogen-bond donors (Lipinski definition) is 1. The number of oxazole rings is 1. The van der Waals surface area contributed by atoms with Gasteiger partial charge in [0, 0.05) is 26.2 Å². The van der Waals surface area contributed by atoms with Gasteiger partial charge in [-0.1, -0.05) is 0 Å². The van der Waals surface area contributed by atoms with Crippen molar-refractivity contribution < 1.29 is 4.42 Å². The number of nitrogens with one attached hydrogen (secondary N) is 1. The number of rotatable bonds is 4. The lowest BCUT2D eigenvalue weighted by Crippen LogP contribution is -2.10. The van der Waals surface area contributed by atoms with E-state index >= 15 is 0 Å². The molecule has 15 heavy (non-hydrogen) atoms. The molecule has 0 aliphatic carbocycles. The molecule has 0 aliphatic rings. The zero-order valence-electron chi connectivity index (χ0n) is 8.90. The summed E-state index contributed by atoms with van der Waals surface area (Å²) in [4.78, 5) is 8.38. The number of imidazole rings is 1. The maximum Gasteiger partial charge on any atom is 0.196 e. The average Bonchev–Trinajstić information content (AvgIpc) is 2.83. The molecule has 2 rings (SSSR count). The summed E-state index contributed by atoms with van der Waals surface area (Å²) < 4.78 is 7.44. The highest BCUT2D eigenvalue weighted by Crippen LogP contribution is 2.17. The summed E-state index contributed by atoms with van der Waals surface area (Å²) in [6.07, 6.45) is 6.16. The molecule has 0 atom stereocenters. The van der Waals surface area contributed by atoms with Gasteiger partial charge in [-0.25, -0.2) is 9.97 Å². The molecule has 0 amide bonds. The molecule has 1 N–H and O–H groups in total. The molecule has 0 spiro atoms. The van der Waals surface area contributed by atoms with E-state index in [-0.39, 0.29) is 0 Å². The Morgan fingerprint density at radius 2 is 2.33 bits per heavy atom. The standard InChI is InChI=1S/C10H14N4O/c1-11-4-3-10-12-5-9(15-10)8-6-14(2)7-13-8/h5-7,11H,3-4H2,1-2H3. The van der Waals surface area contributed by atoms with Gasteiger partial charge in [-0.2, -0.15) is 0 Å². The summed E-state index contributed by atoms with van der Waals surface area (Å²) >= 11 is 0. The summed E-state index contributed by atoms with van der Waals surface area (Å²) in [7, 11) is 3.83. The van der Waals surface area contributed by atoms with Gasteiger partial charge in [-0.3, -0.25) is 0 Å². The summed E-state index contributed by atoms with van der Waals surface area (Å²) in [6.45, 7) is 0.863. The van der Waals surface area contributed by atoms with Crippen LogP contribution in [0.15, 0.2) is 23.1 Å². The van der Waals surface area contributed by atoms with Crippen LogP contribution in [0.4, 0.5) is 0 Å². The van der Waals surface area contributed by atoms with Crippen LogP contribution in [-0.2, 0) is 13.5 Å². The van der Waals surface area contributed by atoms with Gasteiger partial charge >= 0.3 is 0 Å². The van der Waals surface area contributed by atoms with Gasteiger partial charge in [0.2, 0.25) is 0 Å². The van der Waals surface area contributed by atoms with Crippen LogP contribution in [0, 0.1) is 0 Å². The highest BCUT2D eigenvalue weighted by atomic mass is 16.4. The van der Waals surface area contributed by atoms with Crippen molar-refractivity contribution in [2.75, 3.05) is 13.6 Å². The van der Waals surface area contributed by atoms with E-state index in [9.17, 15) is 0 Å². The molecule has 0 aliphatic heterocycles. The van der Waals surface area contributed by atoms with Crippen molar-refractivity contribution in [3.8, 4) is 11.5 Å². The van der Waals surface area contributed by atoms with Gasteiger partial charge in [0.25, 0.3) is 0 Å². The van der Waals surface area contributed by atoms with E-state index in [1.165, 1.54) is 0 Å². The van der Waals surface area contributed by atoms with Crippen LogP contribution >= 0.6 is 0 Å². The highest BCUT2D eigenvalue weighted by Gasteiger charge is 2.07. The lowest BCUT2D eigenvalue weighted by atomic mass is 10.4. The fourth-order valence-electron chi connectivity index (χ4n) is 1.32. The van der Waals surface area contributed by atoms with Crippen molar-refractivity contribution in [2.45, 2.75) is 6.42 Å². The van der Waals surface area contributed by atoms with Crippen molar-refractivity contribution in [1.82, 2.24) is 19.9 Å². The van der Waals surface area contributed by atoms with Gasteiger partial charge in [-0.15, -0.1) is 0 Å². The molecule has 5 heteroatoms. The Morgan fingerprint density at radius 1 is 1.47 bits per heavy atom. The van der Waals surface area contributed by atoms with Crippen molar-refractivity contribution in [3.63, 3.8) is 0 Å². The number of likely N-dealkylation sites (N-methyl/N-ethyl adjacent to an activating group) is 1. The topological polar surface area (TPSA) is 55.9 Å². The summed E-state index contributed by atoms with van der Waals surface area (Å²) in [5.41, 5.74) is 0.820. The minimum Gasteiger partial charge on any atom is -0.439 e. The van der Waals surface area contributed by atoms with E-state index in [0.717, 1.165) is 30.3 Å². The lowest BCUT2D eigenvalue weighted by molar-refractivity contribution is 0.499. The van der Waals surface area contributed by atoms with E-state index in [1.807, 2.05) is 24.9 Å². The summed E-state index contributed by atoms with van der Waals surface area (Å²) in [6, 6.07) is 0. The Hall–Kier alpha value is -1.62. The minimum atomic E-state index is 0.724. The Kier molecular flexibility index (Phi) is 2.82. The van der Waals surface area contributed by atoms with E-state index in [0.29, 0.717) is 0 Å². The van der Waals surface area contributed by atoms with Crippen molar-refractivity contribution in [1.29, 1.82) is 0 Å². The van der Waals surface area contributed by atoms with E-state index in [1.54, 1.807) is 12.5 Å². The molecule has 0 aromatic carbocycles. The van der Waals surface area contributed by atoms with Crippen LogP contribution in [0.3, 0.4) is 0 Å². The van der Waals surface area contributed by atoms with Crippen LogP contribution in [0.2, 0.25) is 0 Å². The Balaban J connectivity index is 2.13. The highest BCUT2D eigenvalue weighted by molar-refractivity contribution is 5.48. The Bertz CT molecular complexity index is 432.